The van der Waals surface area contributed by atoms with Gasteiger partial charge in [-0.2, -0.15) is 0 Å². The van der Waals surface area contributed by atoms with Gasteiger partial charge in [-0.3, -0.25) is 20.4 Å². The molecule has 0 radical (unpaired) electrons. The molecule has 0 saturated carbocycles. The number of anilines is 1. The highest BCUT2D eigenvalue weighted by molar-refractivity contribution is 5.96. The Labute approximate surface area is 126 Å². The first-order valence-corrected chi connectivity index (χ1v) is 6.41. The van der Waals surface area contributed by atoms with Crippen LogP contribution in [0.4, 0.5) is 5.69 Å². The van der Waals surface area contributed by atoms with Crippen molar-refractivity contribution in [3.05, 3.63) is 53.6 Å². The van der Waals surface area contributed by atoms with Crippen molar-refractivity contribution in [3.8, 4) is 11.5 Å². The molecule has 2 rings (SSSR count). The summed E-state index contributed by atoms with van der Waals surface area (Å²) in [4.78, 5) is 23.5. The fourth-order valence-electron chi connectivity index (χ4n) is 1.79. The largest absolute Gasteiger partial charge is 0.508 e. The van der Waals surface area contributed by atoms with Crippen LogP contribution < -0.4 is 16.6 Å². The highest BCUT2D eigenvalue weighted by Crippen LogP contribution is 2.20. The molecule has 0 atom stereocenters. The standard InChI is InChI=1S/C15H15N3O4/c16-12-8-10(4-5-13(12)20)15(22)18-17-14(21)7-9-2-1-3-11(19)6-9/h1-6,8,19-20H,7,16H2,(H,17,21)(H,18,22). The van der Waals surface area contributed by atoms with Gasteiger partial charge in [0.05, 0.1) is 12.1 Å². The second-order valence-electron chi connectivity index (χ2n) is 4.62. The Bertz CT molecular complexity index is 716. The van der Waals surface area contributed by atoms with E-state index in [1.54, 1.807) is 12.1 Å². The highest BCUT2D eigenvalue weighted by Gasteiger charge is 2.10. The van der Waals surface area contributed by atoms with E-state index in [0.717, 1.165) is 0 Å². The number of carbonyl (C=O) groups is 2. The van der Waals surface area contributed by atoms with Crippen LogP contribution in [-0.2, 0) is 11.2 Å². The maximum Gasteiger partial charge on any atom is 0.269 e. The molecule has 0 saturated heterocycles. The van der Waals surface area contributed by atoms with Crippen LogP contribution in [-0.4, -0.2) is 22.0 Å². The monoisotopic (exact) mass is 301 g/mol. The number of phenols is 2. The fourth-order valence-corrected chi connectivity index (χ4v) is 1.79. The molecule has 0 aliphatic rings. The molecule has 6 N–H and O–H groups in total. The SMILES string of the molecule is Nc1cc(C(=O)NNC(=O)Cc2cccc(O)c2)ccc1O. The topological polar surface area (TPSA) is 125 Å². The van der Waals surface area contributed by atoms with Crippen LogP contribution in [0.5, 0.6) is 11.5 Å². The number of rotatable bonds is 3. The quantitative estimate of drug-likeness (QED) is 0.324. The molecule has 0 aliphatic carbocycles. The first kappa shape index (κ1) is 15.2. The third kappa shape index (κ3) is 3.89. The van der Waals surface area contributed by atoms with Crippen molar-refractivity contribution in [1.29, 1.82) is 0 Å². The maximum absolute atomic E-state index is 11.8. The van der Waals surface area contributed by atoms with Gasteiger partial charge in [0, 0.05) is 5.56 Å². The van der Waals surface area contributed by atoms with Crippen molar-refractivity contribution < 1.29 is 19.8 Å². The van der Waals surface area contributed by atoms with E-state index in [1.165, 1.54) is 30.3 Å². The Morgan fingerprint density at radius 3 is 2.50 bits per heavy atom. The molecule has 0 heterocycles. The van der Waals surface area contributed by atoms with Gasteiger partial charge in [0.1, 0.15) is 11.5 Å². The molecule has 2 amide bonds. The van der Waals surface area contributed by atoms with Gasteiger partial charge in [0.25, 0.3) is 5.91 Å². The molecule has 0 bridgehead atoms. The zero-order chi connectivity index (χ0) is 16.1. The Morgan fingerprint density at radius 1 is 1.05 bits per heavy atom. The van der Waals surface area contributed by atoms with E-state index in [0.29, 0.717) is 5.56 Å². The number of benzene rings is 2. The molecule has 7 heteroatoms. The third-order valence-electron chi connectivity index (χ3n) is 2.88. The summed E-state index contributed by atoms with van der Waals surface area (Å²) in [5.74, 6) is -1.06. The number of carbonyl (C=O) groups excluding carboxylic acids is 2. The maximum atomic E-state index is 11.8. The minimum atomic E-state index is -0.559. The molecule has 7 nitrogen and oxygen atoms in total. The van der Waals surface area contributed by atoms with Crippen LogP contribution in [0.25, 0.3) is 0 Å². The van der Waals surface area contributed by atoms with Crippen LogP contribution >= 0.6 is 0 Å². The molecule has 2 aromatic carbocycles. The van der Waals surface area contributed by atoms with E-state index in [9.17, 15) is 19.8 Å². The lowest BCUT2D eigenvalue weighted by atomic mass is 10.1. The Hall–Kier alpha value is -3.22. The molecule has 0 unspecified atom stereocenters. The van der Waals surface area contributed by atoms with Gasteiger partial charge >= 0.3 is 0 Å². The molecule has 0 aromatic heterocycles. The summed E-state index contributed by atoms with van der Waals surface area (Å²) in [6.45, 7) is 0. The summed E-state index contributed by atoms with van der Waals surface area (Å²) in [5.41, 5.74) is 10.9. The predicted molar refractivity (Wildman–Crippen MR) is 79.9 cm³/mol. The van der Waals surface area contributed by atoms with Gasteiger partial charge < -0.3 is 15.9 Å². The average Bonchev–Trinajstić information content (AvgIpc) is 2.47. The normalized spacial score (nSPS) is 10.0. The summed E-state index contributed by atoms with van der Waals surface area (Å²) < 4.78 is 0. The van der Waals surface area contributed by atoms with Gasteiger partial charge in [-0.15, -0.1) is 0 Å². The van der Waals surface area contributed by atoms with E-state index in [4.69, 9.17) is 5.73 Å². The van der Waals surface area contributed by atoms with Crippen LogP contribution in [0.1, 0.15) is 15.9 Å². The third-order valence-corrected chi connectivity index (χ3v) is 2.88. The first-order chi connectivity index (χ1) is 10.5. The van der Waals surface area contributed by atoms with Gasteiger partial charge in [0.15, 0.2) is 0 Å². The second kappa shape index (κ2) is 6.49. The van der Waals surface area contributed by atoms with Gasteiger partial charge in [-0.1, -0.05) is 12.1 Å². The van der Waals surface area contributed by atoms with Crippen LogP contribution in [0.3, 0.4) is 0 Å². The van der Waals surface area contributed by atoms with Crippen LogP contribution in [0.2, 0.25) is 0 Å². The Balaban J connectivity index is 1.90. The number of nitrogens with two attached hydrogens (primary N) is 1. The van der Waals surface area contributed by atoms with E-state index in [-0.39, 0.29) is 29.2 Å². The number of aromatic hydroxyl groups is 2. The van der Waals surface area contributed by atoms with E-state index >= 15 is 0 Å². The van der Waals surface area contributed by atoms with Crippen molar-refractivity contribution in [3.63, 3.8) is 0 Å². The lowest BCUT2D eigenvalue weighted by molar-refractivity contribution is -0.121. The van der Waals surface area contributed by atoms with Crippen molar-refractivity contribution >= 4 is 17.5 Å². The van der Waals surface area contributed by atoms with Crippen LogP contribution in [0, 0.1) is 0 Å². The first-order valence-electron chi connectivity index (χ1n) is 6.41. The fraction of sp³-hybridized carbons (Fsp3) is 0.0667. The number of nitrogen functional groups attached to an aromatic ring is 1. The lowest BCUT2D eigenvalue weighted by Gasteiger charge is -2.08. The molecule has 2 aromatic rings. The predicted octanol–water partition coefficient (Wildman–Crippen LogP) is 0.684. The summed E-state index contributed by atoms with van der Waals surface area (Å²) in [6.07, 6.45) is 0.00635. The van der Waals surface area contributed by atoms with Crippen molar-refractivity contribution in [2.45, 2.75) is 6.42 Å². The number of phenolic OH excluding ortho intramolecular Hbond substituents is 2. The summed E-state index contributed by atoms with van der Waals surface area (Å²) in [7, 11) is 0. The van der Waals surface area contributed by atoms with E-state index < -0.39 is 11.8 Å². The summed E-state index contributed by atoms with van der Waals surface area (Å²) >= 11 is 0. The van der Waals surface area contributed by atoms with Crippen molar-refractivity contribution in [2.24, 2.45) is 0 Å². The minimum absolute atomic E-state index is 0.00635. The lowest BCUT2D eigenvalue weighted by Crippen LogP contribution is -2.42. The Kier molecular flexibility index (Phi) is 4.47. The minimum Gasteiger partial charge on any atom is -0.508 e. The molecular formula is C15H15N3O4. The van der Waals surface area contributed by atoms with Crippen molar-refractivity contribution in [2.75, 3.05) is 5.73 Å². The smallest absolute Gasteiger partial charge is 0.269 e. The van der Waals surface area contributed by atoms with Crippen LogP contribution in [0.15, 0.2) is 42.5 Å². The molecule has 0 spiro atoms. The molecule has 22 heavy (non-hydrogen) atoms. The van der Waals surface area contributed by atoms with Gasteiger partial charge in [-0.25, -0.2) is 0 Å². The molecule has 0 fully saturated rings. The average molecular weight is 301 g/mol. The van der Waals surface area contributed by atoms with Gasteiger partial charge in [-0.05, 0) is 35.9 Å². The zero-order valence-electron chi connectivity index (χ0n) is 11.5. The second-order valence-corrected chi connectivity index (χ2v) is 4.62. The van der Waals surface area contributed by atoms with Gasteiger partial charge in [0.2, 0.25) is 5.91 Å². The molecule has 114 valence electrons. The molecular weight excluding hydrogens is 286 g/mol. The zero-order valence-corrected chi connectivity index (χ0v) is 11.5. The van der Waals surface area contributed by atoms with Crippen molar-refractivity contribution in [1.82, 2.24) is 10.9 Å². The van der Waals surface area contributed by atoms with E-state index in [1.807, 2.05) is 0 Å². The number of hydrogen-bond acceptors (Lipinski definition) is 5. The number of nitrogens with one attached hydrogen (secondary N) is 2. The number of hydrazine groups is 1. The summed E-state index contributed by atoms with van der Waals surface area (Å²) in [5, 5.41) is 18.6. The molecule has 0 aliphatic heterocycles. The van der Waals surface area contributed by atoms with E-state index in [2.05, 4.69) is 10.9 Å². The number of amides is 2. The highest BCUT2D eigenvalue weighted by atomic mass is 16.3. The summed E-state index contributed by atoms with van der Waals surface area (Å²) in [6, 6.07) is 10.2. The number of hydrogen-bond donors (Lipinski definition) is 5. The Morgan fingerprint density at radius 2 is 1.82 bits per heavy atom.